The monoisotopic (exact) mass is 628 g/mol. The summed E-state index contributed by atoms with van der Waals surface area (Å²) in [7, 11) is 3.63. The van der Waals surface area contributed by atoms with Crippen LogP contribution in [0.3, 0.4) is 0 Å². The van der Waals surface area contributed by atoms with Crippen molar-refractivity contribution in [2.24, 2.45) is 0 Å². The number of benzene rings is 2. The molecule has 3 heterocycles. The molecule has 240 valence electrons. The lowest BCUT2D eigenvalue weighted by Crippen LogP contribution is -2.45. The number of methoxy groups -OCH3 is 1. The molecule has 10 nitrogen and oxygen atoms in total. The van der Waals surface area contributed by atoms with Crippen molar-refractivity contribution in [1.29, 1.82) is 0 Å². The van der Waals surface area contributed by atoms with Crippen LogP contribution in [0, 0.1) is 5.82 Å². The van der Waals surface area contributed by atoms with Crippen LogP contribution in [0.15, 0.2) is 48.8 Å². The molecule has 1 aliphatic heterocycles. The molecule has 2 aromatic carbocycles. The number of rotatable bonds is 10. The first-order valence-electron chi connectivity index (χ1n) is 14.6. The number of nitrogens with two attached hydrogens (primary N) is 1. The van der Waals surface area contributed by atoms with E-state index in [0.29, 0.717) is 48.6 Å². The van der Waals surface area contributed by atoms with Crippen molar-refractivity contribution < 1.29 is 27.1 Å². The number of nitrogen functional groups attached to an aromatic ring is 1. The van der Waals surface area contributed by atoms with Crippen LogP contribution in [0.4, 0.5) is 39.5 Å². The molecular formula is C31H36F4N8O2. The predicted molar refractivity (Wildman–Crippen MR) is 165 cm³/mol. The summed E-state index contributed by atoms with van der Waals surface area (Å²) < 4.78 is 64.0. The van der Waals surface area contributed by atoms with Crippen LogP contribution in [-0.4, -0.2) is 83.7 Å². The van der Waals surface area contributed by atoms with Crippen molar-refractivity contribution >= 4 is 28.7 Å². The Labute approximate surface area is 258 Å². The smallest absolute Gasteiger partial charge is 0.385 e. The lowest BCUT2D eigenvalue weighted by atomic mass is 10.0. The molecule has 4 N–H and O–H groups in total. The molecule has 4 aromatic rings. The minimum absolute atomic E-state index is 0.0614. The predicted octanol–water partition coefficient (Wildman–Crippen LogP) is 5.15. The topological polar surface area (TPSA) is 113 Å². The number of carbonyl (C=O) groups excluding carboxylic acids is 1. The van der Waals surface area contributed by atoms with E-state index in [2.05, 4.69) is 30.4 Å². The number of alkyl halides is 3. The number of ether oxygens (including phenoxy) is 1. The molecule has 14 heteroatoms. The summed E-state index contributed by atoms with van der Waals surface area (Å²) in [5.74, 6) is 0.169. The molecule has 0 aliphatic carbocycles. The maximum atomic E-state index is 15.2. The molecule has 2 aromatic heterocycles. The lowest BCUT2D eigenvalue weighted by molar-refractivity contribution is -0.138. The van der Waals surface area contributed by atoms with Crippen LogP contribution in [0.5, 0.6) is 0 Å². The second-order valence-corrected chi connectivity index (χ2v) is 11.0. The first-order chi connectivity index (χ1) is 21.5. The molecule has 1 saturated heterocycles. The minimum Gasteiger partial charge on any atom is -0.385 e. The number of hydrogen-bond acceptors (Lipinski definition) is 7. The summed E-state index contributed by atoms with van der Waals surface area (Å²) in [4.78, 5) is 25.9. The van der Waals surface area contributed by atoms with Crippen LogP contribution in [0.2, 0.25) is 0 Å². The van der Waals surface area contributed by atoms with E-state index in [1.807, 2.05) is 7.05 Å². The third kappa shape index (κ3) is 7.70. The van der Waals surface area contributed by atoms with E-state index in [1.54, 1.807) is 30.0 Å². The van der Waals surface area contributed by atoms with Crippen molar-refractivity contribution in [3.63, 3.8) is 0 Å². The number of likely N-dealkylation sites (N-methyl/N-ethyl adjacent to an activating group) is 1. The largest absolute Gasteiger partial charge is 0.416 e. The van der Waals surface area contributed by atoms with Gasteiger partial charge in [0.25, 0.3) is 0 Å². The van der Waals surface area contributed by atoms with Crippen molar-refractivity contribution in [2.75, 3.05) is 69.9 Å². The number of halogens is 4. The highest BCUT2D eigenvalue weighted by atomic mass is 19.4. The third-order valence-corrected chi connectivity index (χ3v) is 7.86. The summed E-state index contributed by atoms with van der Waals surface area (Å²) in [5.41, 5.74) is 6.62. The van der Waals surface area contributed by atoms with E-state index < -0.39 is 23.6 Å². The molecule has 0 atom stereocenters. The zero-order chi connectivity index (χ0) is 32.1. The average molecular weight is 629 g/mol. The van der Waals surface area contributed by atoms with Crippen LogP contribution in [0.25, 0.3) is 16.8 Å². The number of aromatic nitrogens is 3. The van der Waals surface area contributed by atoms with E-state index in [9.17, 15) is 18.0 Å². The highest BCUT2D eigenvalue weighted by Crippen LogP contribution is 2.35. The Morgan fingerprint density at radius 3 is 2.56 bits per heavy atom. The van der Waals surface area contributed by atoms with E-state index in [1.165, 1.54) is 24.3 Å². The maximum Gasteiger partial charge on any atom is 0.416 e. The van der Waals surface area contributed by atoms with Crippen LogP contribution < -0.4 is 16.4 Å². The SMILES string of the molecule is COCCCc1nc(-c2ccc(NC(=O)Nc3ccc(CCN4CCN(C)CC4)c(C(F)(F)F)c3)c(F)c2)c2c(N)nccn12. The van der Waals surface area contributed by atoms with Gasteiger partial charge in [-0.25, -0.2) is 19.2 Å². The van der Waals surface area contributed by atoms with E-state index in [-0.39, 0.29) is 29.2 Å². The number of hydrogen-bond donors (Lipinski definition) is 3. The highest BCUT2D eigenvalue weighted by molar-refractivity contribution is 6.00. The van der Waals surface area contributed by atoms with Gasteiger partial charge in [-0.3, -0.25) is 4.40 Å². The number of aryl methyl sites for hydroxylation is 1. The zero-order valence-electron chi connectivity index (χ0n) is 25.1. The van der Waals surface area contributed by atoms with Crippen LogP contribution in [-0.2, 0) is 23.8 Å². The normalized spacial score (nSPS) is 14.6. The first kappa shape index (κ1) is 32.1. The number of fused-ring (bicyclic) bond motifs is 1. The number of nitrogens with zero attached hydrogens (tertiary/aromatic N) is 5. The van der Waals surface area contributed by atoms with E-state index in [0.717, 1.165) is 32.2 Å². The molecule has 0 radical (unpaired) electrons. The van der Waals surface area contributed by atoms with Crippen molar-refractivity contribution in [3.05, 3.63) is 71.6 Å². The summed E-state index contributed by atoms with van der Waals surface area (Å²) in [6.07, 6.45) is 0.213. The Morgan fingerprint density at radius 1 is 1.07 bits per heavy atom. The Balaban J connectivity index is 1.29. The molecule has 1 fully saturated rings. The molecule has 45 heavy (non-hydrogen) atoms. The summed E-state index contributed by atoms with van der Waals surface area (Å²) >= 11 is 0. The lowest BCUT2D eigenvalue weighted by Gasteiger charge is -2.32. The number of carbonyl (C=O) groups is 1. The van der Waals surface area contributed by atoms with Crippen molar-refractivity contribution in [2.45, 2.75) is 25.4 Å². The number of piperazine rings is 1. The number of imidazole rings is 1. The van der Waals surface area contributed by atoms with Gasteiger partial charge >= 0.3 is 12.2 Å². The summed E-state index contributed by atoms with van der Waals surface area (Å²) in [5, 5.41) is 4.77. The van der Waals surface area contributed by atoms with Gasteiger partial charge in [-0.15, -0.1) is 0 Å². The molecule has 0 spiro atoms. The van der Waals surface area contributed by atoms with Gasteiger partial charge in [-0.2, -0.15) is 13.2 Å². The Kier molecular flexibility index (Phi) is 9.85. The van der Waals surface area contributed by atoms with Gasteiger partial charge in [0.2, 0.25) is 0 Å². The number of amides is 2. The molecule has 5 rings (SSSR count). The van der Waals surface area contributed by atoms with Gasteiger partial charge < -0.3 is 30.9 Å². The number of nitrogens with one attached hydrogen (secondary N) is 2. The standard InChI is InChI=1S/C31H36F4N8O2/c1-41-13-15-42(16-14-41)11-9-20-5-7-22(19-23(20)31(33,34)35)38-30(44)39-25-8-6-21(18-24(25)32)27-28-29(36)37-10-12-43(28)26(40-27)4-3-17-45-2/h5-8,10,12,18-19H,3-4,9,11,13-17H2,1-2H3,(H2,36,37)(H2,38,39,44). The highest BCUT2D eigenvalue weighted by Gasteiger charge is 2.34. The fourth-order valence-electron chi connectivity index (χ4n) is 5.41. The van der Waals surface area contributed by atoms with Gasteiger partial charge in [0.05, 0.1) is 11.3 Å². The van der Waals surface area contributed by atoms with Gasteiger partial charge in [0.15, 0.2) is 0 Å². The summed E-state index contributed by atoms with van der Waals surface area (Å²) in [6.45, 7) is 4.39. The minimum atomic E-state index is -4.60. The molecule has 2 amide bonds. The van der Waals surface area contributed by atoms with Gasteiger partial charge in [0, 0.05) is 76.5 Å². The van der Waals surface area contributed by atoms with Gasteiger partial charge in [-0.05, 0) is 49.7 Å². The summed E-state index contributed by atoms with van der Waals surface area (Å²) in [6, 6.07) is 6.95. The zero-order valence-corrected chi connectivity index (χ0v) is 25.1. The van der Waals surface area contributed by atoms with Crippen molar-refractivity contribution in [3.8, 4) is 11.3 Å². The maximum absolute atomic E-state index is 15.2. The number of urea groups is 1. The van der Waals surface area contributed by atoms with Crippen LogP contribution >= 0.6 is 0 Å². The fraction of sp³-hybridized carbons (Fsp3) is 0.387. The second-order valence-electron chi connectivity index (χ2n) is 11.0. The average Bonchev–Trinajstić information content (AvgIpc) is 3.38. The van der Waals surface area contributed by atoms with E-state index >= 15 is 4.39 Å². The third-order valence-electron chi connectivity index (χ3n) is 7.86. The molecular weight excluding hydrogens is 592 g/mol. The van der Waals surface area contributed by atoms with Crippen LogP contribution in [0.1, 0.15) is 23.4 Å². The Hall–Kier alpha value is -4.27. The van der Waals surface area contributed by atoms with E-state index in [4.69, 9.17) is 10.5 Å². The van der Waals surface area contributed by atoms with Gasteiger partial charge in [-0.1, -0.05) is 12.1 Å². The molecule has 1 aliphatic rings. The molecule has 0 unspecified atom stereocenters. The molecule has 0 bridgehead atoms. The first-order valence-corrected chi connectivity index (χ1v) is 14.6. The Morgan fingerprint density at radius 2 is 1.84 bits per heavy atom. The Bertz CT molecular complexity index is 1650. The fourth-order valence-corrected chi connectivity index (χ4v) is 5.41. The van der Waals surface area contributed by atoms with Crippen molar-refractivity contribution in [1.82, 2.24) is 24.2 Å². The van der Waals surface area contributed by atoms with Gasteiger partial charge in [0.1, 0.15) is 28.7 Å². The number of anilines is 3. The molecule has 0 saturated carbocycles. The quantitative estimate of drug-likeness (QED) is 0.165. The second kappa shape index (κ2) is 13.8.